The first kappa shape index (κ1) is 24.9. The number of benzene rings is 2. The van der Waals surface area contributed by atoms with Gasteiger partial charge >= 0.3 is 0 Å². The Balaban J connectivity index is 1.49. The number of ether oxygens (including phenoxy) is 2. The number of carbonyl (C=O) groups excluding carboxylic acids is 3. The SMILES string of the molecule is CCC(C)NC(=O)c1ccc(CN2C(=O)COc3ccc(C(=O)COc4ccc(F)c(F)c4)cc32)o1. The third kappa shape index (κ3) is 5.54. The summed E-state index contributed by atoms with van der Waals surface area (Å²) in [5.41, 5.74) is 0.583. The van der Waals surface area contributed by atoms with Gasteiger partial charge in [-0.1, -0.05) is 6.92 Å². The molecule has 1 aromatic heterocycles. The van der Waals surface area contributed by atoms with Crippen molar-refractivity contribution in [2.45, 2.75) is 32.9 Å². The van der Waals surface area contributed by atoms with E-state index in [0.717, 1.165) is 18.6 Å². The standard InChI is InChI=1S/C26H24F2N2O6/c1-3-15(2)29-26(33)24-9-6-18(36-24)12-30-21-10-16(4-8-23(21)35-14-25(30)32)22(31)13-34-17-5-7-19(27)20(28)11-17/h4-11,15H,3,12-14H2,1-2H3,(H,29,33). The fraction of sp³-hybridized carbons (Fsp3) is 0.269. The minimum atomic E-state index is -1.08. The summed E-state index contributed by atoms with van der Waals surface area (Å²) in [6.07, 6.45) is 0.769. The van der Waals surface area contributed by atoms with E-state index in [9.17, 15) is 23.2 Å². The molecule has 0 bridgehead atoms. The van der Waals surface area contributed by atoms with Crippen LogP contribution in [0, 0.1) is 11.6 Å². The lowest BCUT2D eigenvalue weighted by atomic mass is 10.1. The lowest BCUT2D eigenvalue weighted by Gasteiger charge is -2.29. The van der Waals surface area contributed by atoms with Gasteiger partial charge in [-0.15, -0.1) is 0 Å². The summed E-state index contributed by atoms with van der Waals surface area (Å²) in [6.45, 7) is 3.24. The zero-order valence-electron chi connectivity index (χ0n) is 19.7. The molecule has 0 saturated heterocycles. The molecular formula is C26H24F2N2O6. The van der Waals surface area contributed by atoms with Gasteiger partial charge in [-0.25, -0.2) is 8.78 Å². The smallest absolute Gasteiger partial charge is 0.287 e. The molecule has 2 amide bonds. The molecule has 1 aliphatic rings. The summed E-state index contributed by atoms with van der Waals surface area (Å²) >= 11 is 0. The Labute approximate surface area is 205 Å². The van der Waals surface area contributed by atoms with Crippen molar-refractivity contribution >= 4 is 23.3 Å². The molecule has 1 N–H and O–H groups in total. The summed E-state index contributed by atoms with van der Waals surface area (Å²) in [7, 11) is 0. The minimum Gasteiger partial charge on any atom is -0.485 e. The molecule has 1 atom stereocenters. The number of rotatable bonds is 9. The second kappa shape index (κ2) is 10.6. The van der Waals surface area contributed by atoms with E-state index in [1.807, 2.05) is 13.8 Å². The van der Waals surface area contributed by atoms with Crippen molar-refractivity contribution in [3.05, 3.63) is 77.2 Å². The molecule has 1 aliphatic heterocycles. The van der Waals surface area contributed by atoms with E-state index in [2.05, 4.69) is 5.32 Å². The van der Waals surface area contributed by atoms with Crippen molar-refractivity contribution in [2.75, 3.05) is 18.1 Å². The predicted octanol–water partition coefficient (Wildman–Crippen LogP) is 4.27. The number of amides is 2. The van der Waals surface area contributed by atoms with Crippen molar-refractivity contribution in [1.82, 2.24) is 5.32 Å². The molecule has 4 rings (SSSR count). The van der Waals surface area contributed by atoms with E-state index >= 15 is 0 Å². The van der Waals surface area contributed by atoms with Crippen LogP contribution in [0.1, 0.15) is 46.9 Å². The third-order valence-electron chi connectivity index (χ3n) is 5.67. The van der Waals surface area contributed by atoms with Crippen LogP contribution in [0.2, 0.25) is 0 Å². The Bertz CT molecular complexity index is 1310. The highest BCUT2D eigenvalue weighted by Gasteiger charge is 2.28. The Morgan fingerprint density at radius 2 is 1.92 bits per heavy atom. The second-order valence-electron chi connectivity index (χ2n) is 8.29. The summed E-state index contributed by atoms with van der Waals surface area (Å²) in [5, 5.41) is 2.81. The van der Waals surface area contributed by atoms with Crippen molar-refractivity contribution in [3.63, 3.8) is 0 Å². The van der Waals surface area contributed by atoms with Crippen molar-refractivity contribution < 1.29 is 37.1 Å². The van der Waals surface area contributed by atoms with E-state index in [0.29, 0.717) is 17.2 Å². The summed E-state index contributed by atoms with van der Waals surface area (Å²) in [4.78, 5) is 39.0. The normalized spacial score (nSPS) is 13.6. The number of nitrogens with one attached hydrogen (secondary N) is 1. The third-order valence-corrected chi connectivity index (χ3v) is 5.67. The predicted molar refractivity (Wildman–Crippen MR) is 125 cm³/mol. The van der Waals surface area contributed by atoms with Gasteiger partial charge in [0, 0.05) is 17.7 Å². The molecule has 2 heterocycles. The van der Waals surface area contributed by atoms with Crippen molar-refractivity contribution in [1.29, 1.82) is 0 Å². The Hall–Kier alpha value is -4.21. The van der Waals surface area contributed by atoms with Gasteiger partial charge in [0.25, 0.3) is 11.8 Å². The molecule has 0 radical (unpaired) electrons. The molecule has 0 spiro atoms. The van der Waals surface area contributed by atoms with Gasteiger partial charge in [0.05, 0.1) is 12.2 Å². The van der Waals surface area contributed by atoms with E-state index < -0.39 is 24.0 Å². The first-order valence-corrected chi connectivity index (χ1v) is 11.3. The summed E-state index contributed by atoms with van der Waals surface area (Å²) in [6, 6.07) is 10.7. The van der Waals surface area contributed by atoms with Crippen LogP contribution >= 0.6 is 0 Å². The van der Waals surface area contributed by atoms with Gasteiger partial charge in [-0.2, -0.15) is 0 Å². The van der Waals surface area contributed by atoms with Crippen LogP contribution in [0.3, 0.4) is 0 Å². The molecule has 8 nitrogen and oxygen atoms in total. The van der Waals surface area contributed by atoms with Crippen molar-refractivity contribution in [2.24, 2.45) is 0 Å². The quantitative estimate of drug-likeness (QED) is 0.443. The zero-order chi connectivity index (χ0) is 25.8. The van der Waals surface area contributed by atoms with Gasteiger partial charge < -0.3 is 19.2 Å². The summed E-state index contributed by atoms with van der Waals surface area (Å²) < 4.78 is 42.9. The van der Waals surface area contributed by atoms with Crippen LogP contribution in [0.4, 0.5) is 14.5 Å². The lowest BCUT2D eigenvalue weighted by molar-refractivity contribution is -0.121. The number of halogens is 2. The maximum atomic E-state index is 13.4. The Kier molecular flexibility index (Phi) is 7.33. The van der Waals surface area contributed by atoms with Crippen LogP contribution in [-0.4, -0.2) is 36.9 Å². The number of carbonyl (C=O) groups is 3. The zero-order valence-corrected chi connectivity index (χ0v) is 19.7. The molecule has 0 aliphatic carbocycles. The number of hydrogen-bond donors (Lipinski definition) is 1. The van der Waals surface area contributed by atoms with Crippen LogP contribution in [0.15, 0.2) is 52.9 Å². The van der Waals surface area contributed by atoms with Gasteiger partial charge in [-0.05, 0) is 55.8 Å². The number of ketones is 1. The molecule has 36 heavy (non-hydrogen) atoms. The number of anilines is 1. The topological polar surface area (TPSA) is 98.1 Å². The summed E-state index contributed by atoms with van der Waals surface area (Å²) in [5.74, 6) is -2.34. The maximum Gasteiger partial charge on any atom is 0.287 e. The number of nitrogens with zero attached hydrogens (tertiary/aromatic N) is 1. The van der Waals surface area contributed by atoms with Gasteiger partial charge in [0.1, 0.15) is 17.3 Å². The molecule has 1 unspecified atom stereocenters. The number of furan rings is 1. The highest BCUT2D eigenvalue weighted by atomic mass is 19.2. The monoisotopic (exact) mass is 498 g/mol. The Morgan fingerprint density at radius 1 is 1.11 bits per heavy atom. The van der Waals surface area contributed by atoms with E-state index in [-0.39, 0.29) is 48.1 Å². The highest BCUT2D eigenvalue weighted by Crippen LogP contribution is 2.34. The first-order valence-electron chi connectivity index (χ1n) is 11.3. The van der Waals surface area contributed by atoms with Gasteiger partial charge in [0.15, 0.2) is 36.4 Å². The molecule has 188 valence electrons. The average molecular weight is 498 g/mol. The van der Waals surface area contributed by atoms with Crippen molar-refractivity contribution in [3.8, 4) is 11.5 Å². The van der Waals surface area contributed by atoms with Crippen LogP contribution in [-0.2, 0) is 11.3 Å². The number of fused-ring (bicyclic) bond motifs is 1. The van der Waals surface area contributed by atoms with Crippen LogP contribution in [0.25, 0.3) is 0 Å². The van der Waals surface area contributed by atoms with Gasteiger partial charge in [0.2, 0.25) is 0 Å². The van der Waals surface area contributed by atoms with E-state index in [1.54, 1.807) is 12.1 Å². The molecule has 0 saturated carbocycles. The molecule has 0 fully saturated rings. The lowest BCUT2D eigenvalue weighted by Crippen LogP contribution is -2.38. The van der Waals surface area contributed by atoms with Crippen LogP contribution in [0.5, 0.6) is 11.5 Å². The average Bonchev–Trinajstić information content (AvgIpc) is 3.34. The highest BCUT2D eigenvalue weighted by molar-refractivity contribution is 6.02. The number of Topliss-reactive ketones (excluding diaryl/α,β-unsaturated/α-hetero) is 1. The van der Waals surface area contributed by atoms with Gasteiger partial charge in [-0.3, -0.25) is 19.3 Å². The minimum absolute atomic E-state index is 0.00587. The molecular weight excluding hydrogens is 474 g/mol. The fourth-order valence-corrected chi connectivity index (χ4v) is 3.49. The molecule has 3 aromatic rings. The van der Waals surface area contributed by atoms with Crippen LogP contribution < -0.4 is 19.7 Å². The van der Waals surface area contributed by atoms with E-state index in [4.69, 9.17) is 13.9 Å². The first-order chi connectivity index (χ1) is 17.2. The largest absolute Gasteiger partial charge is 0.485 e. The molecule has 2 aromatic carbocycles. The second-order valence-corrected chi connectivity index (χ2v) is 8.29. The maximum absolute atomic E-state index is 13.4. The number of hydrogen-bond acceptors (Lipinski definition) is 6. The fourth-order valence-electron chi connectivity index (χ4n) is 3.49. The Morgan fingerprint density at radius 3 is 2.67 bits per heavy atom. The van der Waals surface area contributed by atoms with E-state index in [1.165, 1.54) is 29.2 Å². The molecule has 10 heteroatoms.